The van der Waals surface area contributed by atoms with E-state index in [1.165, 1.54) is 0 Å². The van der Waals surface area contributed by atoms with E-state index >= 15 is 0 Å². The molecule has 0 spiro atoms. The Morgan fingerprint density at radius 3 is 2.94 bits per heavy atom. The van der Waals surface area contributed by atoms with Crippen molar-refractivity contribution in [3.05, 3.63) is 11.7 Å². The lowest BCUT2D eigenvalue weighted by atomic mass is 10.1. The number of hydrogen-bond donors (Lipinski definition) is 1. The van der Waals surface area contributed by atoms with Gasteiger partial charge in [-0.05, 0) is 19.3 Å². The monoisotopic (exact) mass is 225 g/mol. The number of rotatable bonds is 4. The highest BCUT2D eigenvalue weighted by atomic mass is 16.5. The van der Waals surface area contributed by atoms with Gasteiger partial charge in [0.1, 0.15) is 6.10 Å². The molecule has 1 aromatic heterocycles. The van der Waals surface area contributed by atoms with E-state index in [0.29, 0.717) is 18.4 Å². The summed E-state index contributed by atoms with van der Waals surface area (Å²) in [5, 5.41) is 3.99. The molecule has 2 heterocycles. The van der Waals surface area contributed by atoms with Crippen molar-refractivity contribution >= 4 is 0 Å². The Hall–Kier alpha value is -0.940. The Kier molecular flexibility index (Phi) is 3.56. The second-order valence-corrected chi connectivity index (χ2v) is 4.36. The minimum atomic E-state index is -0.0566. The van der Waals surface area contributed by atoms with Crippen LogP contribution in [0.15, 0.2) is 4.52 Å². The smallest absolute Gasteiger partial charge is 0.255 e. The summed E-state index contributed by atoms with van der Waals surface area (Å²) < 4.78 is 10.9. The van der Waals surface area contributed by atoms with Crippen LogP contribution >= 0.6 is 0 Å². The van der Waals surface area contributed by atoms with Crippen molar-refractivity contribution in [3.8, 4) is 0 Å². The molecule has 1 aromatic rings. The molecule has 5 nitrogen and oxygen atoms in total. The molecule has 5 heteroatoms. The van der Waals surface area contributed by atoms with Crippen LogP contribution in [0.1, 0.15) is 56.8 Å². The second kappa shape index (κ2) is 4.93. The van der Waals surface area contributed by atoms with Gasteiger partial charge in [0.15, 0.2) is 5.82 Å². The lowest BCUT2D eigenvalue weighted by molar-refractivity contribution is 0.0307. The van der Waals surface area contributed by atoms with Crippen molar-refractivity contribution in [2.45, 2.75) is 51.2 Å². The van der Waals surface area contributed by atoms with Crippen LogP contribution in [0.4, 0.5) is 0 Å². The molecule has 90 valence electrons. The molecule has 1 fully saturated rings. The first kappa shape index (κ1) is 11.5. The minimum absolute atomic E-state index is 0.0566. The lowest BCUT2D eigenvalue weighted by Crippen LogP contribution is -2.18. The molecule has 0 bridgehead atoms. The molecule has 1 aliphatic rings. The molecule has 16 heavy (non-hydrogen) atoms. The van der Waals surface area contributed by atoms with Crippen molar-refractivity contribution < 1.29 is 9.26 Å². The molecular formula is C11H19N3O2. The predicted molar refractivity (Wildman–Crippen MR) is 58.9 cm³/mol. The van der Waals surface area contributed by atoms with E-state index in [2.05, 4.69) is 24.0 Å². The summed E-state index contributed by atoms with van der Waals surface area (Å²) >= 11 is 0. The van der Waals surface area contributed by atoms with E-state index in [-0.39, 0.29) is 12.2 Å². The molecule has 1 saturated heterocycles. The van der Waals surface area contributed by atoms with Crippen molar-refractivity contribution in [2.75, 3.05) is 6.54 Å². The zero-order valence-electron chi connectivity index (χ0n) is 9.85. The van der Waals surface area contributed by atoms with Crippen LogP contribution < -0.4 is 5.73 Å². The molecule has 0 radical (unpaired) electrons. The molecular weight excluding hydrogens is 206 g/mol. The first-order valence-electron chi connectivity index (χ1n) is 5.93. The van der Waals surface area contributed by atoms with Crippen LogP contribution in [0.25, 0.3) is 0 Å². The van der Waals surface area contributed by atoms with Gasteiger partial charge in [0.05, 0.1) is 6.10 Å². The van der Waals surface area contributed by atoms with Crippen molar-refractivity contribution in [1.82, 2.24) is 10.1 Å². The Labute approximate surface area is 95.3 Å². The van der Waals surface area contributed by atoms with Gasteiger partial charge in [-0.3, -0.25) is 0 Å². The highest BCUT2D eigenvalue weighted by Gasteiger charge is 2.30. The summed E-state index contributed by atoms with van der Waals surface area (Å²) in [7, 11) is 0. The molecule has 0 saturated carbocycles. The first-order chi connectivity index (χ1) is 7.74. The highest BCUT2D eigenvalue weighted by Crippen LogP contribution is 2.31. The molecule has 3 atom stereocenters. The summed E-state index contributed by atoms with van der Waals surface area (Å²) in [4.78, 5) is 4.39. The molecule has 2 N–H and O–H groups in total. The first-order valence-corrected chi connectivity index (χ1v) is 5.93. The van der Waals surface area contributed by atoms with E-state index in [9.17, 15) is 0 Å². The summed E-state index contributed by atoms with van der Waals surface area (Å²) in [5.74, 6) is 1.72. The van der Waals surface area contributed by atoms with Crippen LogP contribution in [0.5, 0.6) is 0 Å². The molecule has 0 aliphatic carbocycles. The van der Waals surface area contributed by atoms with E-state index in [1.54, 1.807) is 0 Å². The number of hydrogen-bond acceptors (Lipinski definition) is 5. The Balaban J connectivity index is 2.02. The molecule has 3 unspecified atom stereocenters. The van der Waals surface area contributed by atoms with Crippen molar-refractivity contribution in [2.24, 2.45) is 5.73 Å². The normalized spacial score (nSPS) is 27.2. The zero-order valence-corrected chi connectivity index (χ0v) is 9.85. The third-order valence-corrected chi connectivity index (χ3v) is 3.16. The third kappa shape index (κ3) is 2.25. The van der Waals surface area contributed by atoms with Gasteiger partial charge in [-0.25, -0.2) is 0 Å². The van der Waals surface area contributed by atoms with Gasteiger partial charge in [0, 0.05) is 12.5 Å². The quantitative estimate of drug-likeness (QED) is 0.845. The largest absolute Gasteiger partial charge is 0.364 e. The number of nitrogens with two attached hydrogens (primary N) is 1. The number of aromatic nitrogens is 2. The highest BCUT2D eigenvalue weighted by molar-refractivity contribution is 4.97. The lowest BCUT2D eigenvalue weighted by Gasteiger charge is -2.07. The summed E-state index contributed by atoms with van der Waals surface area (Å²) in [6, 6.07) is 0. The van der Waals surface area contributed by atoms with Crippen molar-refractivity contribution in [3.63, 3.8) is 0 Å². The summed E-state index contributed by atoms with van der Waals surface area (Å²) in [6.45, 7) is 4.76. The zero-order chi connectivity index (χ0) is 11.5. The third-order valence-electron chi connectivity index (χ3n) is 3.16. The van der Waals surface area contributed by atoms with Crippen LogP contribution in [-0.4, -0.2) is 22.8 Å². The van der Waals surface area contributed by atoms with Gasteiger partial charge < -0.3 is 15.0 Å². The topological polar surface area (TPSA) is 74.2 Å². The average molecular weight is 225 g/mol. The second-order valence-electron chi connectivity index (χ2n) is 4.36. The van der Waals surface area contributed by atoms with E-state index in [4.69, 9.17) is 15.0 Å². The summed E-state index contributed by atoms with van der Waals surface area (Å²) in [5.41, 5.74) is 5.56. The maximum Gasteiger partial charge on any atom is 0.255 e. The standard InChI is InChI=1S/C11H19N3O2/c1-3-7(2)10-13-11(16-14-10)9-5-4-8(6-12)15-9/h7-9H,3-6,12H2,1-2H3. The Morgan fingerprint density at radius 1 is 1.50 bits per heavy atom. The number of nitrogens with zero attached hydrogens (tertiary/aromatic N) is 2. The van der Waals surface area contributed by atoms with Gasteiger partial charge in [0.25, 0.3) is 5.89 Å². The molecule has 0 aromatic carbocycles. The predicted octanol–water partition coefficient (Wildman–Crippen LogP) is 1.76. The van der Waals surface area contributed by atoms with Crippen LogP contribution in [0.3, 0.4) is 0 Å². The van der Waals surface area contributed by atoms with E-state index in [1.807, 2.05) is 0 Å². The van der Waals surface area contributed by atoms with Crippen LogP contribution in [-0.2, 0) is 4.74 Å². The summed E-state index contributed by atoms with van der Waals surface area (Å²) in [6.07, 6.45) is 2.99. The van der Waals surface area contributed by atoms with Crippen molar-refractivity contribution in [1.29, 1.82) is 0 Å². The minimum Gasteiger partial charge on any atom is -0.364 e. The van der Waals surface area contributed by atoms with E-state index in [0.717, 1.165) is 25.1 Å². The van der Waals surface area contributed by atoms with Gasteiger partial charge in [-0.2, -0.15) is 4.98 Å². The van der Waals surface area contributed by atoms with Gasteiger partial charge in [-0.15, -0.1) is 0 Å². The average Bonchev–Trinajstić information content (AvgIpc) is 2.95. The number of ether oxygens (including phenoxy) is 1. The maximum atomic E-state index is 5.70. The molecule has 0 amide bonds. The Bertz CT molecular complexity index is 340. The molecule has 1 aliphatic heterocycles. The Morgan fingerprint density at radius 2 is 2.31 bits per heavy atom. The SMILES string of the molecule is CCC(C)c1noc(C2CCC(CN)O2)n1. The fourth-order valence-corrected chi connectivity index (χ4v) is 1.82. The van der Waals surface area contributed by atoms with E-state index < -0.39 is 0 Å². The van der Waals surface area contributed by atoms with Gasteiger partial charge in [0.2, 0.25) is 0 Å². The maximum absolute atomic E-state index is 5.70. The van der Waals surface area contributed by atoms with Gasteiger partial charge >= 0.3 is 0 Å². The molecule has 2 rings (SSSR count). The fraction of sp³-hybridized carbons (Fsp3) is 0.818. The van der Waals surface area contributed by atoms with Crippen LogP contribution in [0, 0.1) is 0 Å². The van der Waals surface area contributed by atoms with Gasteiger partial charge in [-0.1, -0.05) is 19.0 Å². The fourth-order valence-electron chi connectivity index (χ4n) is 1.82. The van der Waals surface area contributed by atoms with Crippen LogP contribution in [0.2, 0.25) is 0 Å².